The van der Waals surface area contributed by atoms with Crippen LogP contribution >= 0.6 is 7.82 Å². The molecule has 1 unspecified atom stereocenters. The van der Waals surface area contributed by atoms with Gasteiger partial charge in [-0.15, -0.1) is 0 Å². The van der Waals surface area contributed by atoms with Gasteiger partial charge in [0.05, 0.1) is 6.61 Å². The molecule has 0 aromatic heterocycles. The fourth-order valence-electron chi connectivity index (χ4n) is 5.41. The standard InChI is InChI=1S/C40H74NO10P/c1-3-5-7-9-11-13-15-17-18-20-21-23-25-27-29-31-38(42)48-33-36(34-49-52(46,47)50-35-37(41)40(44)45)51-39(43)32-30-28-26-24-22-19-16-14-12-10-8-6-4-2/h14,16-18,36-37H,3-13,15,19-35,41H2,1-2H3,(H,44,45)(H,46,47)/p-1/b16-14-,18-17-/t36-,37+/m1/s1. The lowest BCUT2D eigenvalue weighted by atomic mass is 10.1. The number of unbranched alkanes of at least 4 members (excludes halogenated alkanes) is 20. The summed E-state index contributed by atoms with van der Waals surface area (Å²) >= 11 is 0. The van der Waals surface area contributed by atoms with E-state index in [2.05, 4.69) is 48.4 Å². The molecule has 0 bridgehead atoms. The number of phosphoric ester groups is 1. The van der Waals surface area contributed by atoms with Gasteiger partial charge >= 0.3 is 11.9 Å². The number of carbonyl (C=O) groups is 3. The molecule has 0 radical (unpaired) electrons. The van der Waals surface area contributed by atoms with Gasteiger partial charge in [0, 0.05) is 12.8 Å². The van der Waals surface area contributed by atoms with Crippen LogP contribution in [-0.2, 0) is 37.5 Å². The molecule has 0 aliphatic rings. The van der Waals surface area contributed by atoms with Crippen LogP contribution in [0.25, 0.3) is 0 Å². The number of carbonyl (C=O) groups excluding carboxylic acids is 3. The Balaban J connectivity index is 4.42. The van der Waals surface area contributed by atoms with Gasteiger partial charge in [0.25, 0.3) is 7.82 Å². The monoisotopic (exact) mass is 758 g/mol. The van der Waals surface area contributed by atoms with Gasteiger partial charge < -0.3 is 39.0 Å². The average molecular weight is 759 g/mol. The van der Waals surface area contributed by atoms with E-state index in [4.69, 9.17) is 14.0 Å². The Morgan fingerprint density at radius 2 is 0.962 bits per heavy atom. The van der Waals surface area contributed by atoms with Crippen LogP contribution in [0.5, 0.6) is 0 Å². The van der Waals surface area contributed by atoms with Crippen molar-refractivity contribution in [2.45, 2.75) is 193 Å². The van der Waals surface area contributed by atoms with E-state index >= 15 is 0 Å². The molecular weight excluding hydrogens is 685 g/mol. The second-order valence-electron chi connectivity index (χ2n) is 13.8. The lowest BCUT2D eigenvalue weighted by molar-refractivity contribution is -0.441. The third-order valence-corrected chi connectivity index (χ3v) is 9.63. The van der Waals surface area contributed by atoms with E-state index in [1.165, 1.54) is 64.2 Å². The van der Waals surface area contributed by atoms with Crippen molar-refractivity contribution < 1.29 is 53.2 Å². The predicted octanol–water partition coefficient (Wildman–Crippen LogP) is 7.60. The largest absolute Gasteiger partial charge is 0.756 e. The molecule has 0 aromatic rings. The number of hydrogen-bond donors (Lipinski definition) is 1. The number of carboxylic acids is 1. The number of carboxylic acid groups (broad SMARTS) is 1. The zero-order valence-electron chi connectivity index (χ0n) is 32.7. The van der Waals surface area contributed by atoms with Crippen molar-refractivity contribution in [1.29, 1.82) is 0 Å². The zero-order valence-corrected chi connectivity index (χ0v) is 33.6. The van der Waals surface area contributed by atoms with E-state index in [9.17, 15) is 28.9 Å². The van der Waals surface area contributed by atoms with Crippen LogP contribution in [0, 0.1) is 0 Å². The second-order valence-corrected chi connectivity index (χ2v) is 15.2. The Labute approximate surface area is 315 Å². The molecule has 3 N–H and O–H groups in total. The highest BCUT2D eigenvalue weighted by molar-refractivity contribution is 7.45. The summed E-state index contributed by atoms with van der Waals surface area (Å²) in [6, 6.07) is -1.42. The van der Waals surface area contributed by atoms with Crippen LogP contribution in [0.15, 0.2) is 24.3 Å². The van der Waals surface area contributed by atoms with Crippen LogP contribution in [0.3, 0.4) is 0 Å². The number of hydrogen-bond acceptors (Lipinski definition) is 10. The van der Waals surface area contributed by atoms with Gasteiger partial charge in [-0.25, -0.2) is 0 Å². The Hall–Kier alpha value is -2.04. The minimum absolute atomic E-state index is 0.136. The summed E-state index contributed by atoms with van der Waals surface area (Å²) in [5, 5.41) is 10.8. The molecule has 0 aliphatic carbocycles. The second kappa shape index (κ2) is 36.0. The molecule has 304 valence electrons. The fraction of sp³-hybridized carbons (Fsp3) is 0.825. The SMILES string of the molecule is CCCCCC/C=C\CCCCCCCC(=O)O[C@H](COC(=O)CCCCCCC/C=C\CCCCCCCC)COP(=O)([O-])OC[C@H]([NH3+])C(=O)[O-]. The number of phosphoric acid groups is 1. The third kappa shape index (κ3) is 35.0. The summed E-state index contributed by atoms with van der Waals surface area (Å²) in [5.74, 6) is -2.60. The average Bonchev–Trinajstić information content (AvgIpc) is 3.12. The summed E-state index contributed by atoms with van der Waals surface area (Å²) in [6.07, 6.45) is 35.1. The summed E-state index contributed by atoms with van der Waals surface area (Å²) in [6.45, 7) is 2.66. The minimum atomic E-state index is -4.95. The van der Waals surface area contributed by atoms with E-state index in [0.717, 1.165) is 77.0 Å². The highest BCUT2D eigenvalue weighted by atomic mass is 31.2. The molecule has 3 atom stereocenters. The number of rotatable bonds is 38. The maximum atomic E-state index is 12.6. The molecule has 0 fully saturated rings. The summed E-state index contributed by atoms with van der Waals surface area (Å²) in [5.41, 5.74) is 3.23. The van der Waals surface area contributed by atoms with E-state index in [-0.39, 0.29) is 19.4 Å². The number of esters is 2. The molecule has 0 saturated heterocycles. The van der Waals surface area contributed by atoms with Gasteiger partial charge in [-0.2, -0.15) is 0 Å². The first-order valence-electron chi connectivity index (χ1n) is 20.4. The molecular formula is C40H73NO10P-. The van der Waals surface area contributed by atoms with Gasteiger partial charge in [-0.05, 0) is 64.2 Å². The van der Waals surface area contributed by atoms with Crippen molar-refractivity contribution in [3.05, 3.63) is 24.3 Å². The number of aliphatic carboxylic acids is 1. The lowest BCUT2D eigenvalue weighted by Crippen LogP contribution is -2.70. The molecule has 12 heteroatoms. The van der Waals surface area contributed by atoms with Crippen molar-refractivity contribution in [2.75, 3.05) is 19.8 Å². The fourth-order valence-corrected chi connectivity index (χ4v) is 6.19. The Morgan fingerprint density at radius 1 is 0.577 bits per heavy atom. The first-order valence-corrected chi connectivity index (χ1v) is 21.9. The van der Waals surface area contributed by atoms with Gasteiger partial charge in [0.1, 0.15) is 25.2 Å². The molecule has 0 aromatic carbocycles. The van der Waals surface area contributed by atoms with Crippen LogP contribution < -0.4 is 15.7 Å². The van der Waals surface area contributed by atoms with E-state index in [1.807, 2.05) is 0 Å². The normalized spacial score (nSPS) is 14.1. The van der Waals surface area contributed by atoms with Gasteiger partial charge in [-0.1, -0.05) is 128 Å². The number of ether oxygens (including phenoxy) is 2. The molecule has 0 heterocycles. The van der Waals surface area contributed by atoms with Crippen molar-refractivity contribution in [1.82, 2.24) is 0 Å². The minimum Gasteiger partial charge on any atom is -0.756 e. The Morgan fingerprint density at radius 3 is 1.42 bits per heavy atom. The lowest BCUT2D eigenvalue weighted by Gasteiger charge is -2.26. The highest BCUT2D eigenvalue weighted by Gasteiger charge is 2.22. The molecule has 0 spiro atoms. The smallest absolute Gasteiger partial charge is 0.306 e. The van der Waals surface area contributed by atoms with Gasteiger partial charge in [0.15, 0.2) is 6.10 Å². The molecule has 0 saturated carbocycles. The van der Waals surface area contributed by atoms with Crippen LogP contribution in [0.4, 0.5) is 0 Å². The molecule has 0 aliphatic heterocycles. The van der Waals surface area contributed by atoms with Crippen LogP contribution in [0.2, 0.25) is 0 Å². The van der Waals surface area contributed by atoms with Crippen LogP contribution in [-0.4, -0.2) is 49.9 Å². The quantitative estimate of drug-likeness (QED) is 0.0285. The Kier molecular flexibility index (Phi) is 34.6. The maximum Gasteiger partial charge on any atom is 0.306 e. The highest BCUT2D eigenvalue weighted by Crippen LogP contribution is 2.38. The molecule has 0 rings (SSSR count). The zero-order chi connectivity index (χ0) is 38.5. The number of quaternary nitrogens is 1. The summed E-state index contributed by atoms with van der Waals surface area (Å²) < 4.78 is 32.2. The first kappa shape index (κ1) is 50.0. The van der Waals surface area contributed by atoms with E-state index in [1.54, 1.807) is 0 Å². The third-order valence-electron chi connectivity index (χ3n) is 8.70. The van der Waals surface area contributed by atoms with Crippen molar-refractivity contribution in [2.24, 2.45) is 0 Å². The molecule has 11 nitrogen and oxygen atoms in total. The number of allylic oxidation sites excluding steroid dienone is 4. The van der Waals surface area contributed by atoms with Crippen molar-refractivity contribution in [3.8, 4) is 0 Å². The summed E-state index contributed by atoms with van der Waals surface area (Å²) in [4.78, 5) is 47.9. The van der Waals surface area contributed by atoms with E-state index < -0.39 is 51.1 Å². The predicted molar refractivity (Wildman–Crippen MR) is 202 cm³/mol. The van der Waals surface area contributed by atoms with Crippen LogP contribution in [0.1, 0.15) is 181 Å². The Bertz CT molecular complexity index is 989. The molecule has 0 amide bonds. The van der Waals surface area contributed by atoms with Crippen molar-refractivity contribution in [3.63, 3.8) is 0 Å². The summed E-state index contributed by atoms with van der Waals surface area (Å²) in [7, 11) is -4.95. The van der Waals surface area contributed by atoms with Gasteiger partial charge in [0.2, 0.25) is 0 Å². The topological polar surface area (TPSA) is 179 Å². The van der Waals surface area contributed by atoms with Crippen molar-refractivity contribution >= 4 is 25.7 Å². The first-order chi connectivity index (χ1) is 25.1. The molecule has 52 heavy (non-hydrogen) atoms. The van der Waals surface area contributed by atoms with E-state index in [0.29, 0.717) is 12.8 Å². The maximum absolute atomic E-state index is 12.6. The van der Waals surface area contributed by atoms with Gasteiger partial charge in [-0.3, -0.25) is 14.2 Å².